The predicted octanol–water partition coefficient (Wildman–Crippen LogP) is 2.99. The second-order valence-electron chi connectivity index (χ2n) is 5.78. The van der Waals surface area contributed by atoms with Crippen LogP contribution in [0, 0.1) is 5.82 Å². The van der Waals surface area contributed by atoms with E-state index in [-0.39, 0.29) is 28.9 Å². The van der Waals surface area contributed by atoms with Crippen molar-refractivity contribution in [3.8, 4) is 5.75 Å². The van der Waals surface area contributed by atoms with Gasteiger partial charge in [-0.3, -0.25) is 4.21 Å². The van der Waals surface area contributed by atoms with Gasteiger partial charge in [0.1, 0.15) is 0 Å². The maximum absolute atomic E-state index is 13.8. The highest BCUT2D eigenvalue weighted by Gasteiger charge is 2.48. The zero-order chi connectivity index (χ0) is 16.1. The Kier molecular flexibility index (Phi) is 3.71. The fourth-order valence-corrected chi connectivity index (χ4v) is 5.48. The van der Waals surface area contributed by atoms with Crippen LogP contribution in [0.3, 0.4) is 0 Å². The molecule has 2 unspecified atom stereocenters. The molecule has 2 aliphatic rings. The molecule has 8 heteroatoms. The topological polar surface area (TPSA) is 46.5 Å². The lowest BCUT2D eigenvalue weighted by Crippen LogP contribution is -2.40. The Morgan fingerprint density at radius 1 is 1.23 bits per heavy atom. The SMILES string of the molecule is O=S1C2CCC1CC(O)(c1ccc(OC(F)(F)F)c(F)c1)C2. The summed E-state index contributed by atoms with van der Waals surface area (Å²) in [6.07, 6.45) is -3.02. The van der Waals surface area contributed by atoms with E-state index in [4.69, 9.17) is 0 Å². The van der Waals surface area contributed by atoms with Crippen LogP contribution in [0.2, 0.25) is 0 Å². The number of halogens is 4. The number of hydrogen-bond acceptors (Lipinski definition) is 3. The molecule has 0 radical (unpaired) electrons. The minimum atomic E-state index is -4.97. The van der Waals surface area contributed by atoms with Crippen LogP contribution in [0.25, 0.3) is 0 Å². The molecular weight excluding hydrogens is 324 g/mol. The maximum Gasteiger partial charge on any atom is 0.573 e. The van der Waals surface area contributed by atoms with Crippen molar-refractivity contribution >= 4 is 10.8 Å². The lowest BCUT2D eigenvalue weighted by atomic mass is 9.86. The van der Waals surface area contributed by atoms with Crippen LogP contribution in [-0.4, -0.2) is 26.2 Å². The van der Waals surface area contributed by atoms with Crippen molar-refractivity contribution in [1.29, 1.82) is 0 Å². The Labute approximate surface area is 126 Å². The third-order valence-electron chi connectivity index (χ3n) is 4.29. The minimum absolute atomic E-state index is 0.141. The highest BCUT2D eigenvalue weighted by molar-refractivity contribution is 7.86. The lowest BCUT2D eigenvalue weighted by Gasteiger charge is -2.36. The average Bonchev–Trinajstić information content (AvgIpc) is 2.63. The highest BCUT2D eigenvalue weighted by Crippen LogP contribution is 2.46. The van der Waals surface area contributed by atoms with Crippen molar-refractivity contribution in [2.24, 2.45) is 0 Å². The average molecular weight is 338 g/mol. The zero-order valence-corrected chi connectivity index (χ0v) is 12.2. The fraction of sp³-hybridized carbons (Fsp3) is 0.571. The van der Waals surface area contributed by atoms with E-state index >= 15 is 0 Å². The van der Waals surface area contributed by atoms with E-state index in [1.54, 1.807) is 0 Å². The molecule has 1 aromatic carbocycles. The summed E-state index contributed by atoms with van der Waals surface area (Å²) in [5.41, 5.74) is -1.15. The first-order valence-corrected chi connectivity index (χ1v) is 8.13. The summed E-state index contributed by atoms with van der Waals surface area (Å²) in [5.74, 6) is -2.11. The van der Waals surface area contributed by atoms with E-state index in [2.05, 4.69) is 4.74 Å². The molecule has 0 aromatic heterocycles. The molecule has 22 heavy (non-hydrogen) atoms. The highest BCUT2D eigenvalue weighted by atomic mass is 32.2. The molecule has 0 saturated carbocycles. The van der Waals surface area contributed by atoms with Gasteiger partial charge in [0.05, 0.1) is 5.60 Å². The van der Waals surface area contributed by atoms with Crippen molar-refractivity contribution in [3.05, 3.63) is 29.6 Å². The van der Waals surface area contributed by atoms with Crippen molar-refractivity contribution in [2.45, 2.75) is 48.1 Å². The summed E-state index contributed by atoms with van der Waals surface area (Å²) >= 11 is 0. The molecule has 3 rings (SSSR count). The smallest absolute Gasteiger partial charge is 0.403 e. The Bertz CT molecular complexity index is 601. The quantitative estimate of drug-likeness (QED) is 0.844. The number of alkyl halides is 3. The fourth-order valence-electron chi connectivity index (χ4n) is 3.31. The molecule has 2 saturated heterocycles. The van der Waals surface area contributed by atoms with E-state index in [0.29, 0.717) is 0 Å². The number of aliphatic hydroxyl groups is 1. The summed E-state index contributed by atoms with van der Waals surface area (Å²) in [7, 11) is -0.989. The molecule has 1 N–H and O–H groups in total. The van der Waals surface area contributed by atoms with Gasteiger partial charge < -0.3 is 9.84 Å². The lowest BCUT2D eigenvalue weighted by molar-refractivity contribution is -0.275. The number of fused-ring (bicyclic) bond motifs is 2. The Morgan fingerprint density at radius 2 is 1.82 bits per heavy atom. The number of hydrogen-bond donors (Lipinski definition) is 1. The molecule has 2 atom stereocenters. The van der Waals surface area contributed by atoms with Crippen LogP contribution < -0.4 is 4.74 Å². The van der Waals surface area contributed by atoms with Crippen LogP contribution in [0.4, 0.5) is 17.6 Å². The number of benzene rings is 1. The molecule has 2 fully saturated rings. The number of rotatable bonds is 2. The summed E-state index contributed by atoms with van der Waals surface area (Å²) in [5, 5.41) is 10.4. The van der Waals surface area contributed by atoms with Crippen molar-refractivity contribution < 1.29 is 31.6 Å². The van der Waals surface area contributed by atoms with Gasteiger partial charge in [0.15, 0.2) is 11.6 Å². The molecule has 0 spiro atoms. The summed E-state index contributed by atoms with van der Waals surface area (Å²) in [4.78, 5) is 0. The minimum Gasteiger partial charge on any atom is -0.403 e. The van der Waals surface area contributed by atoms with E-state index in [1.165, 1.54) is 6.07 Å². The first kappa shape index (κ1) is 15.7. The van der Waals surface area contributed by atoms with Gasteiger partial charge in [0, 0.05) is 21.3 Å². The summed E-state index contributed by atoms with van der Waals surface area (Å²) in [6.45, 7) is 0. The third kappa shape index (κ3) is 2.86. The van der Waals surface area contributed by atoms with Crippen molar-refractivity contribution in [2.75, 3.05) is 0 Å². The van der Waals surface area contributed by atoms with Gasteiger partial charge in [0.2, 0.25) is 0 Å². The molecule has 2 bridgehead atoms. The molecule has 1 aromatic rings. The van der Waals surface area contributed by atoms with Crippen LogP contribution in [-0.2, 0) is 16.4 Å². The van der Waals surface area contributed by atoms with Gasteiger partial charge in [-0.05, 0) is 43.4 Å². The first-order valence-electron chi connectivity index (χ1n) is 6.85. The zero-order valence-electron chi connectivity index (χ0n) is 11.4. The van der Waals surface area contributed by atoms with E-state index in [9.17, 15) is 26.9 Å². The van der Waals surface area contributed by atoms with Gasteiger partial charge >= 0.3 is 6.36 Å². The largest absolute Gasteiger partial charge is 0.573 e. The van der Waals surface area contributed by atoms with Crippen molar-refractivity contribution in [3.63, 3.8) is 0 Å². The van der Waals surface area contributed by atoms with Crippen LogP contribution >= 0.6 is 0 Å². The van der Waals surface area contributed by atoms with Gasteiger partial charge in [-0.15, -0.1) is 13.2 Å². The molecule has 0 amide bonds. The van der Waals surface area contributed by atoms with Gasteiger partial charge in [-0.25, -0.2) is 4.39 Å². The molecule has 2 aliphatic heterocycles. The first-order chi connectivity index (χ1) is 10.2. The molecular formula is C14H14F4O3S. The summed E-state index contributed by atoms with van der Waals surface area (Å²) in [6, 6.07) is 2.97. The van der Waals surface area contributed by atoms with Crippen LogP contribution in [0.1, 0.15) is 31.2 Å². The van der Waals surface area contributed by atoms with Crippen LogP contribution in [0.5, 0.6) is 5.75 Å². The van der Waals surface area contributed by atoms with E-state index < -0.39 is 34.3 Å². The molecule has 2 heterocycles. The van der Waals surface area contributed by atoms with Crippen molar-refractivity contribution in [1.82, 2.24) is 0 Å². The standard InChI is InChI=1S/C14H14F4O3S/c15-11-5-8(1-4-12(11)21-14(16,17)18)13(19)6-9-2-3-10(7-13)22(9)20/h1,4-5,9-10,19H,2-3,6-7H2. The van der Waals surface area contributed by atoms with Crippen LogP contribution in [0.15, 0.2) is 18.2 Å². The number of ether oxygens (including phenoxy) is 1. The second kappa shape index (κ2) is 5.19. The molecule has 3 nitrogen and oxygen atoms in total. The molecule has 0 aliphatic carbocycles. The Hall–Kier alpha value is -1.15. The van der Waals surface area contributed by atoms with E-state index in [1.807, 2.05) is 0 Å². The predicted molar refractivity (Wildman–Crippen MR) is 71.2 cm³/mol. The second-order valence-corrected chi connectivity index (χ2v) is 7.77. The normalized spacial score (nSPS) is 34.7. The van der Waals surface area contributed by atoms with Gasteiger partial charge in [-0.2, -0.15) is 0 Å². The van der Waals surface area contributed by atoms with Gasteiger partial charge in [-0.1, -0.05) is 6.07 Å². The Morgan fingerprint density at radius 3 is 2.32 bits per heavy atom. The van der Waals surface area contributed by atoms with E-state index in [0.717, 1.165) is 25.0 Å². The summed E-state index contributed by atoms with van der Waals surface area (Å²) < 4.78 is 65.7. The monoisotopic (exact) mass is 338 g/mol. The Balaban J connectivity index is 1.86. The van der Waals surface area contributed by atoms with Gasteiger partial charge in [0.25, 0.3) is 0 Å². The maximum atomic E-state index is 13.8. The molecule has 122 valence electrons. The third-order valence-corrected chi connectivity index (χ3v) is 6.41.